The summed E-state index contributed by atoms with van der Waals surface area (Å²) in [4.78, 5) is 0. The summed E-state index contributed by atoms with van der Waals surface area (Å²) in [7, 11) is 0. The van der Waals surface area contributed by atoms with Gasteiger partial charge in [0.2, 0.25) is 0 Å². The summed E-state index contributed by atoms with van der Waals surface area (Å²) in [6.07, 6.45) is 17.8. The van der Waals surface area contributed by atoms with Gasteiger partial charge in [-0.3, -0.25) is 0 Å². The van der Waals surface area contributed by atoms with Gasteiger partial charge in [-0.25, -0.2) is 0 Å². The van der Waals surface area contributed by atoms with Crippen LogP contribution in [-0.2, 0) is 4.74 Å². The molecule has 0 radical (unpaired) electrons. The fraction of sp³-hybridized carbons (Fsp3) is 1.00. The van der Waals surface area contributed by atoms with E-state index in [0.717, 1.165) is 42.1 Å². The van der Waals surface area contributed by atoms with Gasteiger partial charge in [-0.15, -0.1) is 0 Å². The number of rotatable bonds is 5. The molecule has 28 heavy (non-hydrogen) atoms. The second-order valence-electron chi connectivity index (χ2n) is 12.3. The van der Waals surface area contributed by atoms with Gasteiger partial charge in [0.15, 0.2) is 0 Å². The van der Waals surface area contributed by atoms with Crippen molar-refractivity contribution in [1.29, 1.82) is 0 Å². The van der Waals surface area contributed by atoms with E-state index in [0.29, 0.717) is 16.9 Å². The van der Waals surface area contributed by atoms with E-state index >= 15 is 0 Å². The summed E-state index contributed by atoms with van der Waals surface area (Å²) in [6, 6.07) is 0. The first-order valence-electron chi connectivity index (χ1n) is 13.0. The summed E-state index contributed by atoms with van der Waals surface area (Å²) in [6.45, 7) is 13.8. The van der Waals surface area contributed by atoms with Crippen LogP contribution in [0, 0.1) is 46.3 Å². The number of fused-ring (bicyclic) bond motifs is 5. The highest BCUT2D eigenvalue weighted by Gasteiger charge is 2.59. The van der Waals surface area contributed by atoms with Gasteiger partial charge in [-0.1, -0.05) is 66.7 Å². The van der Waals surface area contributed by atoms with Crippen molar-refractivity contribution >= 4 is 0 Å². The Morgan fingerprint density at radius 2 is 1.61 bits per heavy atom. The lowest BCUT2D eigenvalue weighted by atomic mass is 9.49. The second-order valence-corrected chi connectivity index (χ2v) is 12.3. The van der Waals surface area contributed by atoms with Crippen LogP contribution < -0.4 is 0 Å². The van der Waals surface area contributed by atoms with E-state index in [2.05, 4.69) is 34.6 Å². The highest BCUT2D eigenvalue weighted by Crippen LogP contribution is 2.66. The van der Waals surface area contributed by atoms with E-state index < -0.39 is 0 Å². The van der Waals surface area contributed by atoms with Crippen molar-refractivity contribution in [1.82, 2.24) is 0 Å². The normalized spacial score (nSPS) is 47.1. The van der Waals surface area contributed by atoms with Crippen molar-refractivity contribution in [3.63, 3.8) is 0 Å². The minimum absolute atomic E-state index is 0.474. The predicted molar refractivity (Wildman–Crippen MR) is 119 cm³/mol. The maximum atomic E-state index is 6.53. The third-order valence-electron chi connectivity index (χ3n) is 10.4. The highest BCUT2D eigenvalue weighted by molar-refractivity contribution is 5.08. The number of ether oxygens (including phenoxy) is 1. The molecule has 4 rings (SSSR count). The van der Waals surface area contributed by atoms with E-state index in [4.69, 9.17) is 4.74 Å². The summed E-state index contributed by atoms with van der Waals surface area (Å²) in [5.41, 5.74) is 1.09. The molecule has 0 amide bonds. The molecule has 0 spiro atoms. The van der Waals surface area contributed by atoms with Crippen LogP contribution >= 0.6 is 0 Å². The largest absolute Gasteiger partial charge is 0.378 e. The molecule has 4 fully saturated rings. The standard InChI is InChI=1S/C27H48O/c1-19(2)9-8-10-20(3)22-12-13-23-21-15-18-28-25-11-6-7-16-27(25,5)24(21)14-17-26(22,23)4/h19-25H,6-18H2,1-5H3/t20?,21-,22?,23-,24-,25-,26+,27+/m0/s1. The molecule has 4 aliphatic rings. The summed E-state index contributed by atoms with van der Waals surface area (Å²) < 4.78 is 6.53. The van der Waals surface area contributed by atoms with Crippen LogP contribution in [-0.4, -0.2) is 12.7 Å². The van der Waals surface area contributed by atoms with Crippen LogP contribution in [0.2, 0.25) is 0 Å². The smallest absolute Gasteiger partial charge is 0.0631 e. The van der Waals surface area contributed by atoms with E-state index in [9.17, 15) is 0 Å². The maximum Gasteiger partial charge on any atom is 0.0631 e. The Morgan fingerprint density at radius 1 is 0.821 bits per heavy atom. The molecule has 3 aliphatic carbocycles. The maximum absolute atomic E-state index is 6.53. The third-order valence-corrected chi connectivity index (χ3v) is 10.4. The van der Waals surface area contributed by atoms with Crippen molar-refractivity contribution < 1.29 is 4.74 Å². The van der Waals surface area contributed by atoms with Crippen LogP contribution in [0.4, 0.5) is 0 Å². The van der Waals surface area contributed by atoms with Gasteiger partial charge in [0.05, 0.1) is 6.10 Å². The fourth-order valence-corrected chi connectivity index (χ4v) is 8.90. The molecular weight excluding hydrogens is 340 g/mol. The highest BCUT2D eigenvalue weighted by atomic mass is 16.5. The zero-order valence-electron chi connectivity index (χ0n) is 19.6. The van der Waals surface area contributed by atoms with Gasteiger partial charge in [0, 0.05) is 6.61 Å². The topological polar surface area (TPSA) is 9.23 Å². The van der Waals surface area contributed by atoms with Crippen molar-refractivity contribution in [2.45, 2.75) is 118 Å². The molecule has 1 heteroatoms. The van der Waals surface area contributed by atoms with Crippen LogP contribution in [0.1, 0.15) is 112 Å². The van der Waals surface area contributed by atoms with Gasteiger partial charge in [-0.05, 0) is 91.3 Å². The zero-order chi connectivity index (χ0) is 19.9. The van der Waals surface area contributed by atoms with Crippen molar-refractivity contribution in [3.05, 3.63) is 0 Å². The van der Waals surface area contributed by atoms with Crippen LogP contribution in [0.5, 0.6) is 0 Å². The first-order chi connectivity index (χ1) is 13.4. The van der Waals surface area contributed by atoms with E-state index in [1.54, 1.807) is 0 Å². The minimum atomic E-state index is 0.474. The number of hydrogen-bond donors (Lipinski definition) is 0. The summed E-state index contributed by atoms with van der Waals surface area (Å²) in [5.74, 6) is 5.62. The van der Waals surface area contributed by atoms with E-state index in [1.807, 2.05) is 0 Å². The second kappa shape index (κ2) is 8.24. The van der Waals surface area contributed by atoms with Crippen LogP contribution in [0.3, 0.4) is 0 Å². The van der Waals surface area contributed by atoms with Crippen LogP contribution in [0.25, 0.3) is 0 Å². The summed E-state index contributed by atoms with van der Waals surface area (Å²) in [5, 5.41) is 0. The molecule has 0 N–H and O–H groups in total. The quantitative estimate of drug-likeness (QED) is 0.465. The molecule has 1 heterocycles. The minimum Gasteiger partial charge on any atom is -0.378 e. The first-order valence-corrected chi connectivity index (χ1v) is 13.0. The lowest BCUT2D eigenvalue weighted by Gasteiger charge is -2.55. The fourth-order valence-electron chi connectivity index (χ4n) is 8.90. The molecule has 3 saturated carbocycles. The lowest BCUT2D eigenvalue weighted by Crippen LogP contribution is -2.50. The molecule has 2 unspecified atom stereocenters. The van der Waals surface area contributed by atoms with Crippen molar-refractivity contribution in [3.8, 4) is 0 Å². The number of hydrogen-bond acceptors (Lipinski definition) is 1. The van der Waals surface area contributed by atoms with Gasteiger partial charge in [0.1, 0.15) is 0 Å². The zero-order valence-corrected chi connectivity index (χ0v) is 19.6. The Kier molecular flexibility index (Phi) is 6.24. The average molecular weight is 389 g/mol. The van der Waals surface area contributed by atoms with Gasteiger partial charge in [-0.2, -0.15) is 0 Å². The molecule has 162 valence electrons. The molecule has 0 aromatic carbocycles. The Hall–Kier alpha value is -0.0400. The molecule has 1 aliphatic heterocycles. The van der Waals surface area contributed by atoms with Crippen LogP contribution in [0.15, 0.2) is 0 Å². The SMILES string of the molecule is CC(C)CCCC(C)C1CC[C@H]2[C@@H]3CCO[C@H]4CCCC[C@]4(C)[C@H]3CC[C@]12C. The van der Waals surface area contributed by atoms with Gasteiger partial charge in [0.25, 0.3) is 0 Å². The Balaban J connectivity index is 1.49. The predicted octanol–water partition coefficient (Wildman–Crippen LogP) is 7.88. The molecule has 1 nitrogen and oxygen atoms in total. The molecule has 1 saturated heterocycles. The van der Waals surface area contributed by atoms with E-state index in [-0.39, 0.29) is 0 Å². The average Bonchev–Trinajstić information content (AvgIpc) is 2.92. The van der Waals surface area contributed by atoms with Crippen molar-refractivity contribution in [2.24, 2.45) is 46.3 Å². The summed E-state index contributed by atoms with van der Waals surface area (Å²) >= 11 is 0. The van der Waals surface area contributed by atoms with Gasteiger partial charge < -0.3 is 4.74 Å². The van der Waals surface area contributed by atoms with Crippen molar-refractivity contribution in [2.75, 3.05) is 6.61 Å². The molecule has 0 aromatic heterocycles. The molecule has 8 atom stereocenters. The third kappa shape index (κ3) is 3.61. The Labute approximate surface area is 175 Å². The molecule has 0 bridgehead atoms. The molecular formula is C27H48O. The lowest BCUT2D eigenvalue weighted by molar-refractivity contribution is -0.0992. The first kappa shape index (κ1) is 21.2. The molecule has 0 aromatic rings. The Morgan fingerprint density at radius 3 is 2.39 bits per heavy atom. The monoisotopic (exact) mass is 388 g/mol. The Bertz CT molecular complexity index is 526. The van der Waals surface area contributed by atoms with E-state index in [1.165, 1.54) is 77.0 Å². The van der Waals surface area contributed by atoms with Gasteiger partial charge >= 0.3 is 0 Å².